The molecule has 1 heterocycles. The molecule has 0 aromatic heterocycles. The highest BCUT2D eigenvalue weighted by atomic mass is 16.5. The summed E-state index contributed by atoms with van der Waals surface area (Å²) in [6.45, 7) is 5.22. The molecule has 2 fully saturated rings. The summed E-state index contributed by atoms with van der Waals surface area (Å²) in [4.78, 5) is 13.8. The first-order valence-electron chi connectivity index (χ1n) is 7.40. The Morgan fingerprint density at radius 2 is 2.21 bits per heavy atom. The Bertz CT molecular complexity index is 307. The molecule has 1 saturated carbocycles. The van der Waals surface area contributed by atoms with Crippen LogP contribution in [0, 0.1) is 5.92 Å². The first-order chi connectivity index (χ1) is 9.10. The zero-order chi connectivity index (χ0) is 13.8. The van der Waals surface area contributed by atoms with E-state index >= 15 is 0 Å². The second-order valence-corrected chi connectivity index (χ2v) is 6.03. The van der Waals surface area contributed by atoms with Crippen LogP contribution in [0.2, 0.25) is 0 Å². The van der Waals surface area contributed by atoms with Gasteiger partial charge in [-0.15, -0.1) is 0 Å². The lowest BCUT2D eigenvalue weighted by Gasteiger charge is -2.36. The van der Waals surface area contributed by atoms with Gasteiger partial charge in [-0.2, -0.15) is 0 Å². The highest BCUT2D eigenvalue weighted by Gasteiger charge is 2.29. The quantitative estimate of drug-likeness (QED) is 0.699. The maximum atomic E-state index is 11.4. The number of amides is 1. The minimum absolute atomic E-state index is 0.173. The van der Waals surface area contributed by atoms with E-state index in [0.717, 1.165) is 32.5 Å². The van der Waals surface area contributed by atoms with Crippen LogP contribution in [0.3, 0.4) is 0 Å². The molecule has 110 valence electrons. The number of methoxy groups -OCH3 is 1. The molecule has 19 heavy (non-hydrogen) atoms. The Kier molecular flexibility index (Phi) is 5.19. The van der Waals surface area contributed by atoms with E-state index in [2.05, 4.69) is 17.1 Å². The average molecular weight is 269 g/mol. The Balaban J connectivity index is 1.75. The maximum absolute atomic E-state index is 11.4. The minimum Gasteiger partial charge on any atom is -0.380 e. The highest BCUT2D eigenvalue weighted by molar-refractivity contribution is 5.79. The molecular formula is C14H27N3O2. The second kappa shape index (κ2) is 6.68. The molecule has 0 spiro atoms. The van der Waals surface area contributed by atoms with Crippen LogP contribution in [0.15, 0.2) is 0 Å². The molecule has 3 unspecified atom stereocenters. The fourth-order valence-electron chi connectivity index (χ4n) is 2.76. The third kappa shape index (κ3) is 4.44. The van der Waals surface area contributed by atoms with Gasteiger partial charge < -0.3 is 20.7 Å². The van der Waals surface area contributed by atoms with E-state index in [0.29, 0.717) is 18.1 Å². The van der Waals surface area contributed by atoms with Crippen LogP contribution in [-0.2, 0) is 9.53 Å². The van der Waals surface area contributed by atoms with Crippen LogP contribution in [0.1, 0.15) is 32.6 Å². The number of hydrogen-bond donors (Lipinski definition) is 2. The number of rotatable bonds is 7. The zero-order valence-corrected chi connectivity index (χ0v) is 12.1. The summed E-state index contributed by atoms with van der Waals surface area (Å²) < 4.78 is 5.51. The van der Waals surface area contributed by atoms with Crippen LogP contribution < -0.4 is 11.1 Å². The first kappa shape index (κ1) is 14.8. The second-order valence-electron chi connectivity index (χ2n) is 6.03. The molecule has 1 saturated heterocycles. The van der Waals surface area contributed by atoms with E-state index in [9.17, 15) is 4.79 Å². The van der Waals surface area contributed by atoms with Crippen LogP contribution in [-0.4, -0.2) is 55.7 Å². The number of hydrogen-bond acceptors (Lipinski definition) is 4. The number of nitrogens with two attached hydrogens (primary N) is 1. The molecule has 2 aliphatic rings. The van der Waals surface area contributed by atoms with Gasteiger partial charge in [-0.1, -0.05) is 6.92 Å². The van der Waals surface area contributed by atoms with Crippen molar-refractivity contribution in [2.75, 3.05) is 26.7 Å². The molecule has 3 atom stereocenters. The normalized spacial score (nSPS) is 30.2. The number of nitrogens with one attached hydrogen (secondary N) is 1. The monoisotopic (exact) mass is 269 g/mol. The van der Waals surface area contributed by atoms with Gasteiger partial charge in [-0.25, -0.2) is 0 Å². The predicted octanol–water partition coefficient (Wildman–Crippen LogP) is 0.339. The molecule has 1 aliphatic carbocycles. The Labute approximate surface area is 115 Å². The van der Waals surface area contributed by atoms with E-state index < -0.39 is 0 Å². The fourth-order valence-corrected chi connectivity index (χ4v) is 2.76. The van der Waals surface area contributed by atoms with E-state index in [1.165, 1.54) is 12.8 Å². The van der Waals surface area contributed by atoms with Gasteiger partial charge in [0.05, 0.1) is 12.1 Å². The number of ether oxygens (including phenoxy) is 1. The van der Waals surface area contributed by atoms with Crippen molar-refractivity contribution in [2.45, 2.75) is 50.8 Å². The lowest BCUT2D eigenvalue weighted by molar-refractivity contribution is -0.120. The van der Waals surface area contributed by atoms with E-state index in [1.807, 2.05) is 0 Å². The van der Waals surface area contributed by atoms with E-state index in [-0.39, 0.29) is 11.9 Å². The van der Waals surface area contributed by atoms with Crippen molar-refractivity contribution in [3.63, 3.8) is 0 Å². The summed E-state index contributed by atoms with van der Waals surface area (Å²) >= 11 is 0. The molecular weight excluding hydrogens is 242 g/mol. The summed E-state index contributed by atoms with van der Waals surface area (Å²) in [7, 11) is 1.78. The van der Waals surface area contributed by atoms with Crippen molar-refractivity contribution in [2.24, 2.45) is 11.7 Å². The number of carbonyl (C=O) groups excluding carboxylic acids is 1. The molecule has 5 heteroatoms. The van der Waals surface area contributed by atoms with Crippen LogP contribution in [0.4, 0.5) is 0 Å². The predicted molar refractivity (Wildman–Crippen MR) is 74.8 cm³/mol. The lowest BCUT2D eigenvalue weighted by atomic mass is 9.95. The summed E-state index contributed by atoms with van der Waals surface area (Å²) in [5.41, 5.74) is 5.46. The number of nitrogens with zero attached hydrogens (tertiary/aromatic N) is 1. The van der Waals surface area contributed by atoms with E-state index in [4.69, 9.17) is 10.5 Å². The van der Waals surface area contributed by atoms with Crippen molar-refractivity contribution < 1.29 is 9.53 Å². The molecule has 1 aliphatic heterocycles. The lowest BCUT2D eigenvalue weighted by Crippen LogP contribution is -2.48. The van der Waals surface area contributed by atoms with Crippen molar-refractivity contribution in [1.82, 2.24) is 10.2 Å². The fraction of sp³-hybridized carbons (Fsp3) is 0.929. The number of carbonyl (C=O) groups is 1. The molecule has 5 nitrogen and oxygen atoms in total. The third-order valence-electron chi connectivity index (χ3n) is 4.37. The molecule has 0 radical (unpaired) electrons. The van der Waals surface area contributed by atoms with Crippen LogP contribution >= 0.6 is 0 Å². The molecule has 3 N–H and O–H groups in total. The van der Waals surface area contributed by atoms with Gasteiger partial charge in [0.2, 0.25) is 5.91 Å². The van der Waals surface area contributed by atoms with E-state index in [1.54, 1.807) is 7.11 Å². The zero-order valence-electron chi connectivity index (χ0n) is 12.1. The summed E-state index contributed by atoms with van der Waals surface area (Å²) in [6, 6.07) is 0.346. The average Bonchev–Trinajstić information content (AvgIpc) is 3.19. The largest absolute Gasteiger partial charge is 0.380 e. The standard InChI is InChI=1S/C14H27N3O2/c1-10-5-7-17(9-13(10)19-2)8-6-12(14(15)18)16-11-3-4-11/h10-13,16H,3-9H2,1-2H3,(H2,15,18). The molecule has 0 aromatic carbocycles. The van der Waals surface area contributed by atoms with Crippen molar-refractivity contribution in [3.8, 4) is 0 Å². The number of primary amides is 1. The molecule has 2 rings (SSSR count). The smallest absolute Gasteiger partial charge is 0.234 e. The van der Waals surface area contributed by atoms with Gasteiger partial charge in [0, 0.05) is 26.2 Å². The van der Waals surface area contributed by atoms with Gasteiger partial charge in [-0.05, 0) is 38.1 Å². The third-order valence-corrected chi connectivity index (χ3v) is 4.37. The Hall–Kier alpha value is -0.650. The summed E-state index contributed by atoms with van der Waals surface area (Å²) in [6.07, 6.45) is 4.64. The topological polar surface area (TPSA) is 67.6 Å². The molecule has 0 bridgehead atoms. The number of likely N-dealkylation sites (tertiary alicyclic amines) is 1. The Morgan fingerprint density at radius 1 is 1.47 bits per heavy atom. The van der Waals surface area contributed by atoms with Crippen molar-refractivity contribution >= 4 is 5.91 Å². The minimum atomic E-state index is -0.222. The molecule has 1 amide bonds. The summed E-state index contributed by atoms with van der Waals surface area (Å²) in [5.74, 6) is 0.401. The maximum Gasteiger partial charge on any atom is 0.234 e. The van der Waals surface area contributed by atoms with Gasteiger partial charge >= 0.3 is 0 Å². The van der Waals surface area contributed by atoms with Gasteiger partial charge in [0.15, 0.2) is 0 Å². The van der Waals surface area contributed by atoms with Gasteiger partial charge in [-0.3, -0.25) is 4.79 Å². The summed E-state index contributed by atoms with van der Waals surface area (Å²) in [5, 5.41) is 3.33. The van der Waals surface area contributed by atoms with Crippen LogP contribution in [0.5, 0.6) is 0 Å². The molecule has 0 aromatic rings. The first-order valence-corrected chi connectivity index (χ1v) is 7.40. The Morgan fingerprint density at radius 3 is 2.79 bits per heavy atom. The number of piperidine rings is 1. The SMILES string of the molecule is COC1CN(CCC(NC2CC2)C(N)=O)CCC1C. The van der Waals surface area contributed by atoms with Crippen molar-refractivity contribution in [1.29, 1.82) is 0 Å². The van der Waals surface area contributed by atoms with Crippen molar-refractivity contribution in [3.05, 3.63) is 0 Å². The van der Waals surface area contributed by atoms with Gasteiger partial charge in [0.25, 0.3) is 0 Å². The highest BCUT2D eigenvalue weighted by Crippen LogP contribution is 2.21. The van der Waals surface area contributed by atoms with Crippen LogP contribution in [0.25, 0.3) is 0 Å². The van der Waals surface area contributed by atoms with Gasteiger partial charge in [0.1, 0.15) is 0 Å².